The number of carbonyl (C=O) groups excluding carboxylic acids is 1. The van der Waals surface area contributed by atoms with Crippen LogP contribution in [0, 0.1) is 0 Å². The molecule has 0 saturated carbocycles. The lowest BCUT2D eigenvalue weighted by Gasteiger charge is -2.08. The van der Waals surface area contributed by atoms with Gasteiger partial charge in [0.2, 0.25) is 11.9 Å². The summed E-state index contributed by atoms with van der Waals surface area (Å²) in [6.45, 7) is -0.00628. The molecule has 0 spiro atoms. The van der Waals surface area contributed by atoms with E-state index in [4.69, 9.17) is 5.73 Å². The van der Waals surface area contributed by atoms with Gasteiger partial charge in [-0.2, -0.15) is 0 Å². The summed E-state index contributed by atoms with van der Waals surface area (Å²) >= 11 is 0. The normalized spacial score (nSPS) is 12.3. The van der Waals surface area contributed by atoms with Gasteiger partial charge in [0.25, 0.3) is 0 Å². The molecule has 6 heteroatoms. The zero-order chi connectivity index (χ0) is 12.3. The van der Waals surface area contributed by atoms with Crippen molar-refractivity contribution in [3.63, 3.8) is 0 Å². The van der Waals surface area contributed by atoms with Crippen LogP contribution in [0.1, 0.15) is 0 Å². The number of nitrogens with zero attached hydrogens (tertiary/aromatic N) is 2. The fourth-order valence-electron chi connectivity index (χ4n) is 1.35. The molecule has 0 bridgehead atoms. The lowest BCUT2D eigenvalue weighted by molar-refractivity contribution is -0.125. The third-order valence-corrected chi connectivity index (χ3v) is 2.27. The van der Waals surface area contributed by atoms with Crippen molar-refractivity contribution in [1.82, 2.24) is 9.97 Å². The van der Waals surface area contributed by atoms with Gasteiger partial charge >= 0.3 is 0 Å². The van der Waals surface area contributed by atoms with Crippen LogP contribution in [0.15, 0.2) is 30.5 Å². The molecule has 0 aliphatic rings. The zero-order valence-electron chi connectivity index (χ0n) is 9.00. The molecule has 2 rings (SSSR count). The van der Waals surface area contributed by atoms with Crippen LogP contribution in [0.3, 0.4) is 0 Å². The fraction of sp³-hybridized carbons (Fsp3) is 0.182. The van der Waals surface area contributed by atoms with Gasteiger partial charge in [-0.1, -0.05) is 18.2 Å². The maximum atomic E-state index is 10.6. The smallest absolute Gasteiger partial charge is 0.248 e. The summed E-state index contributed by atoms with van der Waals surface area (Å²) in [5.74, 6) is -0.428. The molecule has 0 aliphatic heterocycles. The molecule has 88 valence electrons. The summed E-state index contributed by atoms with van der Waals surface area (Å²) in [5, 5.41) is 12.9. The minimum Gasteiger partial charge on any atom is -0.381 e. The molecule has 1 heterocycles. The minimum atomic E-state index is -1.25. The van der Waals surface area contributed by atoms with Crippen LogP contribution in [0.2, 0.25) is 0 Å². The van der Waals surface area contributed by atoms with Crippen LogP contribution in [0.25, 0.3) is 10.9 Å². The highest BCUT2D eigenvalue weighted by atomic mass is 16.3. The number of carbonyl (C=O) groups is 1. The van der Waals surface area contributed by atoms with Gasteiger partial charge in [0.15, 0.2) is 0 Å². The highest BCUT2D eigenvalue weighted by Gasteiger charge is 2.10. The second-order valence-electron chi connectivity index (χ2n) is 3.55. The first-order valence-electron chi connectivity index (χ1n) is 5.10. The number of nitrogens with two attached hydrogens (primary N) is 1. The highest BCUT2D eigenvalue weighted by Crippen LogP contribution is 2.11. The standard InChI is InChI=1S/C11H12N4O2/c12-10(17)9(16)6-14-11-13-5-7-3-1-2-4-8(7)15-11/h1-5,9,16H,6H2,(H2,12,17)(H,13,14,15). The van der Waals surface area contributed by atoms with E-state index in [2.05, 4.69) is 15.3 Å². The van der Waals surface area contributed by atoms with Gasteiger partial charge in [0, 0.05) is 11.6 Å². The predicted octanol–water partition coefficient (Wildman–Crippen LogP) is -0.112. The third-order valence-electron chi connectivity index (χ3n) is 2.27. The average Bonchev–Trinajstić information content (AvgIpc) is 2.35. The number of hydrogen-bond acceptors (Lipinski definition) is 5. The average molecular weight is 232 g/mol. The summed E-state index contributed by atoms with van der Waals surface area (Å²) in [7, 11) is 0. The molecule has 2 aromatic rings. The molecule has 1 aromatic carbocycles. The van der Waals surface area contributed by atoms with Gasteiger partial charge in [0.1, 0.15) is 6.10 Å². The predicted molar refractivity (Wildman–Crippen MR) is 63.2 cm³/mol. The van der Waals surface area contributed by atoms with E-state index in [1.165, 1.54) is 0 Å². The number of aliphatic hydroxyl groups excluding tert-OH is 1. The van der Waals surface area contributed by atoms with E-state index in [0.29, 0.717) is 5.95 Å². The summed E-state index contributed by atoms with van der Waals surface area (Å²) in [6, 6.07) is 7.52. The Morgan fingerprint density at radius 1 is 1.47 bits per heavy atom. The number of anilines is 1. The number of nitrogens with one attached hydrogen (secondary N) is 1. The number of fused-ring (bicyclic) bond motifs is 1. The van der Waals surface area contributed by atoms with Gasteiger partial charge in [-0.25, -0.2) is 9.97 Å². The highest BCUT2D eigenvalue weighted by molar-refractivity contribution is 5.80. The molecule has 6 nitrogen and oxygen atoms in total. The first-order chi connectivity index (χ1) is 8.16. The lowest BCUT2D eigenvalue weighted by Crippen LogP contribution is -2.34. The van der Waals surface area contributed by atoms with Gasteiger partial charge < -0.3 is 16.2 Å². The number of amides is 1. The van der Waals surface area contributed by atoms with Gasteiger partial charge in [0.05, 0.1) is 12.1 Å². The van der Waals surface area contributed by atoms with Crippen LogP contribution < -0.4 is 11.1 Å². The van der Waals surface area contributed by atoms with Crippen molar-refractivity contribution in [2.45, 2.75) is 6.10 Å². The Balaban J connectivity index is 2.12. The van der Waals surface area contributed by atoms with Gasteiger partial charge in [-0.15, -0.1) is 0 Å². The summed E-state index contributed by atoms with van der Waals surface area (Å²) < 4.78 is 0. The number of aliphatic hydroxyl groups is 1. The molecule has 1 atom stereocenters. The van der Waals surface area contributed by atoms with E-state index in [9.17, 15) is 9.90 Å². The Hall–Kier alpha value is -2.21. The number of hydrogen-bond donors (Lipinski definition) is 3. The third kappa shape index (κ3) is 2.67. The van der Waals surface area contributed by atoms with E-state index in [1.54, 1.807) is 6.20 Å². The van der Waals surface area contributed by atoms with E-state index < -0.39 is 12.0 Å². The Bertz CT molecular complexity index is 544. The molecular weight excluding hydrogens is 220 g/mol. The molecule has 17 heavy (non-hydrogen) atoms. The number of primary amides is 1. The molecule has 0 radical (unpaired) electrons. The Morgan fingerprint density at radius 3 is 3.00 bits per heavy atom. The molecule has 0 saturated heterocycles. The number of benzene rings is 1. The second kappa shape index (κ2) is 4.75. The maximum Gasteiger partial charge on any atom is 0.248 e. The van der Waals surface area contributed by atoms with Crippen molar-refractivity contribution < 1.29 is 9.90 Å². The van der Waals surface area contributed by atoms with E-state index in [0.717, 1.165) is 10.9 Å². The summed E-state index contributed by atoms with van der Waals surface area (Å²) in [6.07, 6.45) is 0.423. The molecule has 4 N–H and O–H groups in total. The topological polar surface area (TPSA) is 101 Å². The maximum absolute atomic E-state index is 10.6. The zero-order valence-corrected chi connectivity index (χ0v) is 9.00. The van der Waals surface area contributed by atoms with Crippen molar-refractivity contribution in [3.05, 3.63) is 30.5 Å². The van der Waals surface area contributed by atoms with E-state index in [-0.39, 0.29) is 6.54 Å². The quantitative estimate of drug-likeness (QED) is 0.682. The van der Waals surface area contributed by atoms with Crippen molar-refractivity contribution in [2.24, 2.45) is 5.73 Å². The lowest BCUT2D eigenvalue weighted by atomic mass is 10.2. The first kappa shape index (κ1) is 11.3. The molecule has 1 unspecified atom stereocenters. The van der Waals surface area contributed by atoms with Gasteiger partial charge in [-0.05, 0) is 6.07 Å². The molecule has 1 amide bonds. The van der Waals surface area contributed by atoms with Crippen LogP contribution in [-0.2, 0) is 4.79 Å². The van der Waals surface area contributed by atoms with Crippen LogP contribution in [0.4, 0.5) is 5.95 Å². The van der Waals surface area contributed by atoms with E-state index in [1.807, 2.05) is 24.3 Å². The molecule has 0 aliphatic carbocycles. The minimum absolute atomic E-state index is 0.00628. The number of rotatable bonds is 4. The number of para-hydroxylation sites is 1. The Labute approximate surface area is 97.5 Å². The summed E-state index contributed by atoms with van der Waals surface area (Å²) in [4.78, 5) is 18.9. The SMILES string of the molecule is NC(=O)C(O)CNc1ncc2ccccc2n1. The van der Waals surface area contributed by atoms with Crippen molar-refractivity contribution in [3.8, 4) is 0 Å². The largest absolute Gasteiger partial charge is 0.381 e. The van der Waals surface area contributed by atoms with Crippen LogP contribution in [-0.4, -0.2) is 33.6 Å². The van der Waals surface area contributed by atoms with Crippen molar-refractivity contribution >= 4 is 22.8 Å². The van der Waals surface area contributed by atoms with Crippen molar-refractivity contribution in [2.75, 3.05) is 11.9 Å². The van der Waals surface area contributed by atoms with Crippen molar-refractivity contribution in [1.29, 1.82) is 0 Å². The fourth-order valence-corrected chi connectivity index (χ4v) is 1.35. The first-order valence-corrected chi connectivity index (χ1v) is 5.10. The number of aromatic nitrogens is 2. The second-order valence-corrected chi connectivity index (χ2v) is 3.55. The van der Waals surface area contributed by atoms with Crippen LogP contribution >= 0.6 is 0 Å². The van der Waals surface area contributed by atoms with Crippen LogP contribution in [0.5, 0.6) is 0 Å². The monoisotopic (exact) mass is 232 g/mol. The Morgan fingerprint density at radius 2 is 2.24 bits per heavy atom. The summed E-state index contributed by atoms with van der Waals surface area (Å²) in [5.41, 5.74) is 5.71. The Kier molecular flexibility index (Phi) is 3.15. The molecule has 1 aromatic heterocycles. The molecule has 0 fully saturated rings. The van der Waals surface area contributed by atoms with Gasteiger partial charge in [-0.3, -0.25) is 4.79 Å². The molecular formula is C11H12N4O2. The van der Waals surface area contributed by atoms with E-state index >= 15 is 0 Å².